The minimum Gasteiger partial charge on any atom is -0.481 e. The molecule has 0 atom stereocenters. The van der Waals surface area contributed by atoms with Crippen LogP contribution >= 0.6 is 11.6 Å². The van der Waals surface area contributed by atoms with Crippen molar-refractivity contribution >= 4 is 23.5 Å². The van der Waals surface area contributed by atoms with E-state index in [4.69, 9.17) is 11.6 Å². The second-order valence-corrected chi connectivity index (χ2v) is 7.31. The van der Waals surface area contributed by atoms with Crippen molar-refractivity contribution in [3.8, 4) is 0 Å². The molecule has 0 radical (unpaired) electrons. The van der Waals surface area contributed by atoms with Crippen LogP contribution in [-0.4, -0.2) is 23.5 Å². The summed E-state index contributed by atoms with van der Waals surface area (Å²) in [6.45, 7) is 4.08. The van der Waals surface area contributed by atoms with Crippen molar-refractivity contribution in [2.75, 3.05) is 6.54 Å². The van der Waals surface area contributed by atoms with Gasteiger partial charge in [0.25, 0.3) is 0 Å². The highest BCUT2D eigenvalue weighted by Crippen LogP contribution is 2.44. The van der Waals surface area contributed by atoms with Crippen LogP contribution < -0.4 is 5.32 Å². The fourth-order valence-electron chi connectivity index (χ4n) is 2.89. The van der Waals surface area contributed by atoms with Crippen LogP contribution in [0, 0.1) is 11.2 Å². The summed E-state index contributed by atoms with van der Waals surface area (Å²) in [5.74, 6) is -1.59. The highest BCUT2D eigenvalue weighted by atomic mass is 35.5. The number of halogens is 2. The van der Waals surface area contributed by atoms with Crippen LogP contribution in [0.3, 0.4) is 0 Å². The predicted octanol–water partition coefficient (Wildman–Crippen LogP) is 3.52. The van der Waals surface area contributed by atoms with Gasteiger partial charge in [0.05, 0.1) is 5.41 Å². The molecular weight excluding hydrogens is 321 g/mol. The number of hydrogen-bond acceptors (Lipinski definition) is 2. The Morgan fingerprint density at radius 2 is 2.04 bits per heavy atom. The number of carboxylic acid groups (broad SMARTS) is 1. The van der Waals surface area contributed by atoms with Crippen LogP contribution in [0.25, 0.3) is 0 Å². The first-order valence-electron chi connectivity index (χ1n) is 7.62. The highest BCUT2D eigenvalue weighted by molar-refractivity contribution is 6.31. The molecule has 0 unspecified atom stereocenters. The Hall–Kier alpha value is -1.62. The lowest BCUT2D eigenvalue weighted by Crippen LogP contribution is -2.44. The first-order chi connectivity index (χ1) is 10.7. The van der Waals surface area contributed by atoms with Crippen LogP contribution in [0.15, 0.2) is 18.2 Å². The maximum Gasteiger partial charge on any atom is 0.310 e. The summed E-state index contributed by atoms with van der Waals surface area (Å²) < 4.78 is 13.1. The van der Waals surface area contributed by atoms with E-state index < -0.39 is 22.6 Å². The van der Waals surface area contributed by atoms with E-state index in [0.29, 0.717) is 24.4 Å². The standard InChI is InChI=1S/C17H21ClFNO3/c1-16(2,12-5-4-11(19)8-13(12)18)10-20-14(21)9-17(15(22)23)6-3-7-17/h4-5,8H,3,6-7,9-10H2,1-2H3,(H,20,21)(H,22,23). The molecule has 1 aromatic rings. The van der Waals surface area contributed by atoms with E-state index >= 15 is 0 Å². The molecule has 0 aliphatic heterocycles. The van der Waals surface area contributed by atoms with Gasteiger partial charge in [0.15, 0.2) is 0 Å². The molecule has 0 bridgehead atoms. The van der Waals surface area contributed by atoms with Gasteiger partial charge in [0.2, 0.25) is 5.91 Å². The van der Waals surface area contributed by atoms with Crippen molar-refractivity contribution in [3.63, 3.8) is 0 Å². The second kappa shape index (κ2) is 6.48. The smallest absolute Gasteiger partial charge is 0.310 e. The van der Waals surface area contributed by atoms with Gasteiger partial charge in [-0.3, -0.25) is 9.59 Å². The average molecular weight is 342 g/mol. The Bertz CT molecular complexity index is 626. The van der Waals surface area contributed by atoms with Gasteiger partial charge in [-0.05, 0) is 30.5 Å². The van der Waals surface area contributed by atoms with Crippen molar-refractivity contribution < 1.29 is 19.1 Å². The van der Waals surface area contributed by atoms with Gasteiger partial charge in [0, 0.05) is 23.4 Å². The SMILES string of the molecule is CC(C)(CNC(=O)CC1(C(=O)O)CCC1)c1ccc(F)cc1Cl. The molecule has 1 aliphatic rings. The van der Waals surface area contributed by atoms with Gasteiger partial charge in [-0.2, -0.15) is 0 Å². The van der Waals surface area contributed by atoms with E-state index in [1.807, 2.05) is 13.8 Å². The second-order valence-electron chi connectivity index (χ2n) is 6.90. The van der Waals surface area contributed by atoms with Gasteiger partial charge in [-0.1, -0.05) is 37.9 Å². The van der Waals surface area contributed by atoms with Gasteiger partial charge in [0.1, 0.15) is 5.82 Å². The Kier molecular flexibility index (Phi) is 4.99. The molecular formula is C17H21ClFNO3. The molecule has 1 aromatic carbocycles. The van der Waals surface area contributed by atoms with Gasteiger partial charge >= 0.3 is 5.97 Å². The summed E-state index contributed by atoms with van der Waals surface area (Å²) in [5.41, 5.74) is -0.657. The summed E-state index contributed by atoms with van der Waals surface area (Å²) in [7, 11) is 0. The van der Waals surface area contributed by atoms with E-state index in [-0.39, 0.29) is 12.3 Å². The summed E-state index contributed by atoms with van der Waals surface area (Å²) in [6, 6.07) is 4.18. The first kappa shape index (κ1) is 17.7. The molecule has 2 N–H and O–H groups in total. The lowest BCUT2D eigenvalue weighted by molar-refractivity contribution is -0.157. The zero-order valence-electron chi connectivity index (χ0n) is 13.3. The van der Waals surface area contributed by atoms with Crippen molar-refractivity contribution in [2.24, 2.45) is 5.41 Å². The maximum atomic E-state index is 13.1. The summed E-state index contributed by atoms with van der Waals surface area (Å²) in [6.07, 6.45) is 1.93. The third-order valence-electron chi connectivity index (χ3n) is 4.65. The highest BCUT2D eigenvalue weighted by Gasteiger charge is 2.46. The van der Waals surface area contributed by atoms with E-state index in [9.17, 15) is 19.1 Å². The number of carbonyl (C=O) groups is 2. The fraction of sp³-hybridized carbons (Fsp3) is 0.529. The third kappa shape index (κ3) is 3.83. The number of rotatable bonds is 6. The number of amides is 1. The number of hydrogen-bond donors (Lipinski definition) is 2. The minimum absolute atomic E-state index is 0.00440. The van der Waals surface area contributed by atoms with Crippen molar-refractivity contribution in [1.82, 2.24) is 5.32 Å². The van der Waals surface area contributed by atoms with E-state index in [1.165, 1.54) is 12.1 Å². The monoisotopic (exact) mass is 341 g/mol. The Labute approximate surface area is 140 Å². The predicted molar refractivity (Wildman–Crippen MR) is 86.0 cm³/mol. The van der Waals surface area contributed by atoms with Gasteiger partial charge in [-0.15, -0.1) is 0 Å². The quantitative estimate of drug-likeness (QED) is 0.832. The van der Waals surface area contributed by atoms with E-state index in [2.05, 4.69) is 5.32 Å². The molecule has 1 aliphatic carbocycles. The van der Waals surface area contributed by atoms with Crippen LogP contribution in [0.4, 0.5) is 4.39 Å². The number of benzene rings is 1. The summed E-state index contributed by atoms with van der Waals surface area (Å²) >= 11 is 6.08. The molecule has 1 fully saturated rings. The molecule has 0 heterocycles. The lowest BCUT2D eigenvalue weighted by Gasteiger charge is -2.37. The number of carboxylic acids is 1. The number of carbonyl (C=O) groups excluding carboxylic acids is 1. The van der Waals surface area contributed by atoms with Crippen molar-refractivity contribution in [3.05, 3.63) is 34.6 Å². The zero-order valence-corrected chi connectivity index (χ0v) is 14.0. The fourth-order valence-corrected chi connectivity index (χ4v) is 3.32. The lowest BCUT2D eigenvalue weighted by atomic mass is 9.66. The normalized spacial score (nSPS) is 16.5. The minimum atomic E-state index is -0.903. The average Bonchev–Trinajstić information content (AvgIpc) is 2.40. The van der Waals surface area contributed by atoms with Crippen molar-refractivity contribution in [2.45, 2.75) is 44.9 Å². The Morgan fingerprint density at radius 1 is 1.39 bits per heavy atom. The topological polar surface area (TPSA) is 66.4 Å². The molecule has 6 heteroatoms. The van der Waals surface area contributed by atoms with Crippen LogP contribution in [-0.2, 0) is 15.0 Å². The first-order valence-corrected chi connectivity index (χ1v) is 8.00. The molecule has 0 saturated heterocycles. The molecule has 4 nitrogen and oxygen atoms in total. The van der Waals surface area contributed by atoms with Crippen LogP contribution in [0.5, 0.6) is 0 Å². The Balaban J connectivity index is 1.98. The van der Waals surface area contributed by atoms with Crippen LogP contribution in [0.1, 0.15) is 45.1 Å². The zero-order chi connectivity index (χ0) is 17.3. The molecule has 23 heavy (non-hydrogen) atoms. The van der Waals surface area contributed by atoms with Crippen LogP contribution in [0.2, 0.25) is 5.02 Å². The number of nitrogens with one attached hydrogen (secondary N) is 1. The molecule has 1 amide bonds. The molecule has 0 aromatic heterocycles. The van der Waals surface area contributed by atoms with Crippen molar-refractivity contribution in [1.29, 1.82) is 0 Å². The molecule has 2 rings (SSSR count). The Morgan fingerprint density at radius 3 is 2.52 bits per heavy atom. The number of aliphatic carboxylic acids is 1. The molecule has 0 spiro atoms. The molecule has 1 saturated carbocycles. The summed E-state index contributed by atoms with van der Waals surface area (Å²) in [5, 5.41) is 12.4. The van der Waals surface area contributed by atoms with E-state index in [0.717, 1.165) is 12.0 Å². The largest absolute Gasteiger partial charge is 0.481 e. The summed E-state index contributed by atoms with van der Waals surface area (Å²) in [4.78, 5) is 23.4. The molecule has 126 valence electrons. The maximum absolute atomic E-state index is 13.1. The van der Waals surface area contributed by atoms with Gasteiger partial charge in [-0.25, -0.2) is 4.39 Å². The van der Waals surface area contributed by atoms with E-state index in [1.54, 1.807) is 6.07 Å². The van der Waals surface area contributed by atoms with Gasteiger partial charge < -0.3 is 10.4 Å². The third-order valence-corrected chi connectivity index (χ3v) is 4.96.